The Kier molecular flexibility index (Phi) is 3.42. The number of furan rings is 1. The summed E-state index contributed by atoms with van der Waals surface area (Å²) >= 11 is 0. The average Bonchev–Trinajstić information content (AvgIpc) is 2.89. The van der Waals surface area contributed by atoms with Crippen molar-refractivity contribution in [3.8, 4) is 0 Å². The van der Waals surface area contributed by atoms with Crippen molar-refractivity contribution < 1.29 is 4.42 Å². The van der Waals surface area contributed by atoms with Crippen LogP contribution in [-0.2, 0) is 6.54 Å². The SMILES string of the molecule is NNc1cccc(C(N)=NCc2ccco2)c1. The van der Waals surface area contributed by atoms with Gasteiger partial charge in [-0.3, -0.25) is 10.8 Å². The number of benzene rings is 1. The Morgan fingerprint density at radius 3 is 2.88 bits per heavy atom. The van der Waals surface area contributed by atoms with Gasteiger partial charge in [0.1, 0.15) is 11.6 Å². The Balaban J connectivity index is 2.12. The average molecular weight is 230 g/mol. The minimum Gasteiger partial charge on any atom is -0.467 e. The minimum absolute atomic E-state index is 0.430. The van der Waals surface area contributed by atoms with Gasteiger partial charge in [0.2, 0.25) is 0 Å². The molecule has 17 heavy (non-hydrogen) atoms. The molecule has 5 heteroatoms. The van der Waals surface area contributed by atoms with E-state index in [2.05, 4.69) is 10.4 Å². The van der Waals surface area contributed by atoms with Gasteiger partial charge in [0.15, 0.2) is 0 Å². The first kappa shape index (κ1) is 11.2. The molecular weight excluding hydrogens is 216 g/mol. The van der Waals surface area contributed by atoms with Gasteiger partial charge in [0.25, 0.3) is 0 Å². The largest absolute Gasteiger partial charge is 0.467 e. The van der Waals surface area contributed by atoms with Gasteiger partial charge in [-0.1, -0.05) is 12.1 Å². The van der Waals surface area contributed by atoms with Crippen LogP contribution in [0.2, 0.25) is 0 Å². The third-order valence-electron chi connectivity index (χ3n) is 2.31. The molecule has 2 aromatic rings. The molecule has 1 heterocycles. The smallest absolute Gasteiger partial charge is 0.126 e. The number of hydrazine groups is 1. The summed E-state index contributed by atoms with van der Waals surface area (Å²) in [4.78, 5) is 4.24. The molecule has 0 aliphatic carbocycles. The highest BCUT2D eigenvalue weighted by Crippen LogP contribution is 2.09. The summed E-state index contributed by atoms with van der Waals surface area (Å²) in [7, 11) is 0. The number of nitrogens with two attached hydrogens (primary N) is 2. The van der Waals surface area contributed by atoms with Gasteiger partial charge in [-0.05, 0) is 24.3 Å². The highest BCUT2D eigenvalue weighted by atomic mass is 16.3. The molecule has 0 spiro atoms. The van der Waals surface area contributed by atoms with Gasteiger partial charge in [0.05, 0.1) is 12.8 Å². The van der Waals surface area contributed by atoms with E-state index in [1.54, 1.807) is 6.26 Å². The van der Waals surface area contributed by atoms with Crippen molar-refractivity contribution in [1.29, 1.82) is 0 Å². The molecule has 5 nitrogen and oxygen atoms in total. The summed E-state index contributed by atoms with van der Waals surface area (Å²) in [6.07, 6.45) is 1.61. The van der Waals surface area contributed by atoms with Crippen LogP contribution in [0.25, 0.3) is 0 Å². The molecule has 1 aromatic heterocycles. The summed E-state index contributed by atoms with van der Waals surface area (Å²) in [6, 6.07) is 11.1. The lowest BCUT2D eigenvalue weighted by Gasteiger charge is -2.04. The molecule has 88 valence electrons. The molecule has 0 fully saturated rings. The standard InChI is InChI=1S/C12H14N4O/c13-12(15-8-11-5-2-6-17-11)9-3-1-4-10(7-9)16-14/h1-7,16H,8,14H2,(H2,13,15). The van der Waals surface area contributed by atoms with E-state index >= 15 is 0 Å². The number of hydrogen-bond acceptors (Lipinski definition) is 4. The number of rotatable bonds is 4. The van der Waals surface area contributed by atoms with Crippen LogP contribution in [0.3, 0.4) is 0 Å². The monoisotopic (exact) mass is 230 g/mol. The van der Waals surface area contributed by atoms with E-state index in [9.17, 15) is 0 Å². The van der Waals surface area contributed by atoms with Crippen LogP contribution in [0, 0.1) is 0 Å². The van der Waals surface area contributed by atoms with Gasteiger partial charge < -0.3 is 15.6 Å². The van der Waals surface area contributed by atoms with Gasteiger partial charge in [0, 0.05) is 11.3 Å². The van der Waals surface area contributed by atoms with Crippen molar-refractivity contribution >= 4 is 11.5 Å². The van der Waals surface area contributed by atoms with Crippen LogP contribution in [0.5, 0.6) is 0 Å². The number of hydrogen-bond donors (Lipinski definition) is 3. The molecule has 0 radical (unpaired) electrons. The van der Waals surface area contributed by atoms with Gasteiger partial charge in [-0.2, -0.15) is 0 Å². The van der Waals surface area contributed by atoms with Crippen LogP contribution < -0.4 is 17.0 Å². The zero-order chi connectivity index (χ0) is 12.1. The van der Waals surface area contributed by atoms with E-state index < -0.39 is 0 Å². The second-order valence-corrected chi connectivity index (χ2v) is 3.51. The van der Waals surface area contributed by atoms with Crippen molar-refractivity contribution in [1.82, 2.24) is 0 Å². The van der Waals surface area contributed by atoms with E-state index in [0.717, 1.165) is 17.0 Å². The maximum Gasteiger partial charge on any atom is 0.126 e. The second kappa shape index (κ2) is 5.18. The predicted molar refractivity (Wildman–Crippen MR) is 67.4 cm³/mol. The number of anilines is 1. The number of nitrogens with one attached hydrogen (secondary N) is 1. The Morgan fingerprint density at radius 2 is 2.18 bits per heavy atom. The van der Waals surface area contributed by atoms with Crippen LogP contribution >= 0.6 is 0 Å². The molecule has 0 amide bonds. The molecule has 0 saturated heterocycles. The maximum absolute atomic E-state index is 5.87. The first-order chi connectivity index (χ1) is 8.29. The summed E-state index contributed by atoms with van der Waals surface area (Å²) in [6.45, 7) is 0.430. The maximum atomic E-state index is 5.87. The van der Waals surface area contributed by atoms with E-state index in [0.29, 0.717) is 12.4 Å². The summed E-state index contributed by atoms with van der Waals surface area (Å²) in [5.74, 6) is 6.56. The zero-order valence-corrected chi connectivity index (χ0v) is 9.26. The minimum atomic E-state index is 0.430. The molecule has 0 atom stereocenters. The number of nitrogens with zero attached hydrogens (tertiary/aromatic N) is 1. The van der Waals surface area contributed by atoms with E-state index in [4.69, 9.17) is 16.0 Å². The van der Waals surface area contributed by atoms with Crippen LogP contribution in [0.1, 0.15) is 11.3 Å². The number of aliphatic imine (C=N–C) groups is 1. The Labute approximate surface area is 99.1 Å². The lowest BCUT2D eigenvalue weighted by atomic mass is 10.2. The van der Waals surface area contributed by atoms with Crippen LogP contribution in [-0.4, -0.2) is 5.84 Å². The molecule has 0 bridgehead atoms. The molecule has 0 unspecified atom stereocenters. The fourth-order valence-corrected chi connectivity index (χ4v) is 1.43. The lowest BCUT2D eigenvalue weighted by Crippen LogP contribution is -2.15. The van der Waals surface area contributed by atoms with E-state index in [1.807, 2.05) is 36.4 Å². The first-order valence-corrected chi connectivity index (χ1v) is 5.19. The topological polar surface area (TPSA) is 89.6 Å². The molecular formula is C12H14N4O. The van der Waals surface area contributed by atoms with Gasteiger partial charge >= 0.3 is 0 Å². The number of nitrogen functional groups attached to an aromatic ring is 1. The Morgan fingerprint density at radius 1 is 1.29 bits per heavy atom. The predicted octanol–water partition coefficient (Wildman–Crippen LogP) is 1.47. The normalized spacial score (nSPS) is 11.5. The fraction of sp³-hybridized carbons (Fsp3) is 0.0833. The number of amidine groups is 1. The highest BCUT2D eigenvalue weighted by molar-refractivity contribution is 5.98. The molecule has 2 rings (SSSR count). The highest BCUT2D eigenvalue weighted by Gasteiger charge is 2.00. The summed E-state index contributed by atoms with van der Waals surface area (Å²) in [5.41, 5.74) is 10.1. The van der Waals surface area contributed by atoms with Crippen molar-refractivity contribution in [2.45, 2.75) is 6.54 Å². The summed E-state index contributed by atoms with van der Waals surface area (Å²) < 4.78 is 5.17. The Bertz CT molecular complexity index is 505. The fourth-order valence-electron chi connectivity index (χ4n) is 1.43. The van der Waals surface area contributed by atoms with Crippen LogP contribution in [0.4, 0.5) is 5.69 Å². The first-order valence-electron chi connectivity index (χ1n) is 5.19. The van der Waals surface area contributed by atoms with Gasteiger partial charge in [-0.25, -0.2) is 0 Å². The molecule has 0 aliphatic rings. The van der Waals surface area contributed by atoms with E-state index in [1.165, 1.54) is 0 Å². The van der Waals surface area contributed by atoms with Gasteiger partial charge in [-0.15, -0.1) is 0 Å². The molecule has 0 saturated carbocycles. The van der Waals surface area contributed by atoms with E-state index in [-0.39, 0.29) is 0 Å². The van der Waals surface area contributed by atoms with Crippen molar-refractivity contribution in [3.05, 3.63) is 54.0 Å². The summed E-state index contributed by atoms with van der Waals surface area (Å²) in [5, 5.41) is 0. The van der Waals surface area contributed by atoms with Crippen molar-refractivity contribution in [2.75, 3.05) is 5.43 Å². The lowest BCUT2D eigenvalue weighted by molar-refractivity contribution is 0.513. The van der Waals surface area contributed by atoms with Crippen molar-refractivity contribution in [2.24, 2.45) is 16.6 Å². The molecule has 0 aliphatic heterocycles. The van der Waals surface area contributed by atoms with Crippen molar-refractivity contribution in [3.63, 3.8) is 0 Å². The third kappa shape index (κ3) is 2.85. The third-order valence-corrected chi connectivity index (χ3v) is 2.31. The second-order valence-electron chi connectivity index (χ2n) is 3.51. The zero-order valence-electron chi connectivity index (χ0n) is 9.26. The quantitative estimate of drug-likeness (QED) is 0.321. The molecule has 1 aromatic carbocycles. The molecule has 5 N–H and O–H groups in total. The Hall–Kier alpha value is -2.27. The van der Waals surface area contributed by atoms with Crippen LogP contribution in [0.15, 0.2) is 52.1 Å².